The first-order valence-electron chi connectivity index (χ1n) is 5.80. The first kappa shape index (κ1) is 15.5. The van der Waals surface area contributed by atoms with Crippen molar-refractivity contribution in [2.24, 2.45) is 7.05 Å². The zero-order chi connectivity index (χ0) is 14.5. The van der Waals surface area contributed by atoms with Gasteiger partial charge in [0.1, 0.15) is 0 Å². The van der Waals surface area contributed by atoms with E-state index in [-0.39, 0.29) is 12.5 Å². The number of nitrogens with one attached hydrogen (secondary N) is 1. The van der Waals surface area contributed by atoms with Crippen molar-refractivity contribution in [3.8, 4) is 0 Å². The van der Waals surface area contributed by atoms with Crippen LogP contribution in [0.4, 0.5) is 13.2 Å². The van der Waals surface area contributed by atoms with Crippen molar-refractivity contribution in [3.05, 3.63) is 18.0 Å². The topological polar surface area (TPSA) is 50.2 Å². The Bertz CT molecular complexity index is 416. The molecule has 19 heavy (non-hydrogen) atoms. The van der Waals surface area contributed by atoms with Gasteiger partial charge in [0.25, 0.3) is 5.91 Å². The molecule has 1 aromatic heterocycles. The molecule has 0 unspecified atom stereocenters. The van der Waals surface area contributed by atoms with Crippen LogP contribution in [-0.4, -0.2) is 53.4 Å². The van der Waals surface area contributed by atoms with Gasteiger partial charge in [-0.05, 0) is 20.0 Å². The summed E-state index contributed by atoms with van der Waals surface area (Å²) in [7, 11) is 3.10. The SMILES string of the molecule is CN(CCCNC(=O)c1cnn(C)c1)CC(F)(F)F. The molecule has 1 N–H and O–H groups in total. The van der Waals surface area contributed by atoms with Crippen LogP contribution < -0.4 is 5.32 Å². The van der Waals surface area contributed by atoms with Crippen LogP contribution in [0.5, 0.6) is 0 Å². The van der Waals surface area contributed by atoms with E-state index in [0.29, 0.717) is 18.5 Å². The minimum atomic E-state index is -4.19. The Morgan fingerprint density at radius 1 is 1.53 bits per heavy atom. The molecule has 0 spiro atoms. The van der Waals surface area contributed by atoms with Gasteiger partial charge in [-0.15, -0.1) is 0 Å². The summed E-state index contributed by atoms with van der Waals surface area (Å²) in [5.41, 5.74) is 0.436. The number of carbonyl (C=O) groups is 1. The van der Waals surface area contributed by atoms with E-state index in [4.69, 9.17) is 0 Å². The van der Waals surface area contributed by atoms with E-state index in [1.54, 1.807) is 13.2 Å². The summed E-state index contributed by atoms with van der Waals surface area (Å²) in [6.45, 7) is -0.341. The van der Waals surface area contributed by atoms with Crippen LogP contribution in [0.3, 0.4) is 0 Å². The highest BCUT2D eigenvalue weighted by Crippen LogP contribution is 2.15. The fourth-order valence-corrected chi connectivity index (χ4v) is 1.58. The summed E-state index contributed by atoms with van der Waals surface area (Å²) >= 11 is 0. The summed E-state index contributed by atoms with van der Waals surface area (Å²) in [5.74, 6) is -0.272. The lowest BCUT2D eigenvalue weighted by Gasteiger charge is -2.18. The molecule has 0 saturated carbocycles. The van der Waals surface area contributed by atoms with E-state index in [9.17, 15) is 18.0 Å². The standard InChI is InChI=1S/C11H17F3N4O/c1-17(8-11(12,13)14)5-3-4-15-10(19)9-6-16-18(2)7-9/h6-7H,3-5,8H2,1-2H3,(H,15,19). The summed E-state index contributed by atoms with van der Waals surface area (Å²) in [4.78, 5) is 12.8. The number of amides is 1. The molecule has 0 bridgehead atoms. The summed E-state index contributed by atoms with van der Waals surface area (Å²) in [6, 6.07) is 0. The van der Waals surface area contributed by atoms with Gasteiger partial charge in [-0.3, -0.25) is 14.4 Å². The first-order valence-corrected chi connectivity index (χ1v) is 5.80. The molecule has 1 rings (SSSR count). The number of alkyl halides is 3. The van der Waals surface area contributed by atoms with E-state index in [0.717, 1.165) is 0 Å². The van der Waals surface area contributed by atoms with Gasteiger partial charge < -0.3 is 5.32 Å². The molecule has 0 fully saturated rings. The zero-order valence-corrected chi connectivity index (χ0v) is 10.9. The minimum Gasteiger partial charge on any atom is -0.352 e. The number of carbonyl (C=O) groups excluding carboxylic acids is 1. The van der Waals surface area contributed by atoms with E-state index in [1.165, 1.54) is 22.8 Å². The van der Waals surface area contributed by atoms with Gasteiger partial charge in [0.15, 0.2) is 0 Å². The van der Waals surface area contributed by atoms with Crippen LogP contribution in [0, 0.1) is 0 Å². The van der Waals surface area contributed by atoms with Crippen LogP contribution >= 0.6 is 0 Å². The normalized spacial score (nSPS) is 11.9. The molecule has 0 aliphatic carbocycles. The van der Waals surface area contributed by atoms with Crippen LogP contribution in [0.1, 0.15) is 16.8 Å². The van der Waals surface area contributed by atoms with Crippen molar-refractivity contribution in [3.63, 3.8) is 0 Å². The molecule has 5 nitrogen and oxygen atoms in total. The molecule has 1 amide bonds. The number of hydrogen-bond donors (Lipinski definition) is 1. The van der Waals surface area contributed by atoms with Gasteiger partial charge in [-0.2, -0.15) is 18.3 Å². The van der Waals surface area contributed by atoms with Crippen LogP contribution in [0.2, 0.25) is 0 Å². The lowest BCUT2D eigenvalue weighted by Crippen LogP contribution is -2.33. The average Bonchev–Trinajstić information content (AvgIpc) is 2.68. The van der Waals surface area contributed by atoms with Gasteiger partial charge in [-0.25, -0.2) is 0 Å². The maximum Gasteiger partial charge on any atom is 0.401 e. The summed E-state index contributed by atoms with van der Waals surface area (Å²) < 4.78 is 37.6. The van der Waals surface area contributed by atoms with Crippen molar-refractivity contribution in [2.45, 2.75) is 12.6 Å². The van der Waals surface area contributed by atoms with E-state index >= 15 is 0 Å². The Labute approximate surface area is 109 Å². The van der Waals surface area contributed by atoms with Crippen molar-refractivity contribution < 1.29 is 18.0 Å². The predicted octanol–water partition coefficient (Wildman–Crippen LogP) is 1.03. The highest BCUT2D eigenvalue weighted by molar-refractivity contribution is 5.93. The fourth-order valence-electron chi connectivity index (χ4n) is 1.58. The summed E-state index contributed by atoms with van der Waals surface area (Å²) in [6.07, 6.45) is -0.720. The third-order valence-corrected chi connectivity index (χ3v) is 2.42. The molecular formula is C11H17F3N4O. The number of hydrogen-bond acceptors (Lipinski definition) is 3. The highest BCUT2D eigenvalue weighted by Gasteiger charge is 2.28. The lowest BCUT2D eigenvalue weighted by molar-refractivity contribution is -0.143. The predicted molar refractivity (Wildman–Crippen MR) is 63.7 cm³/mol. The monoisotopic (exact) mass is 278 g/mol. The second-order valence-electron chi connectivity index (χ2n) is 4.37. The van der Waals surface area contributed by atoms with Crippen LogP contribution in [-0.2, 0) is 7.05 Å². The third kappa shape index (κ3) is 6.23. The van der Waals surface area contributed by atoms with Gasteiger partial charge in [-0.1, -0.05) is 0 Å². The van der Waals surface area contributed by atoms with Crippen LogP contribution in [0.25, 0.3) is 0 Å². The molecule has 1 aromatic rings. The van der Waals surface area contributed by atoms with E-state index in [1.807, 2.05) is 0 Å². The number of rotatable bonds is 6. The van der Waals surface area contributed by atoms with Crippen molar-refractivity contribution in [1.82, 2.24) is 20.0 Å². The molecule has 108 valence electrons. The quantitative estimate of drug-likeness (QED) is 0.791. The Morgan fingerprint density at radius 2 is 2.21 bits per heavy atom. The average molecular weight is 278 g/mol. The van der Waals surface area contributed by atoms with Gasteiger partial charge in [0.05, 0.1) is 18.3 Å². The lowest BCUT2D eigenvalue weighted by atomic mass is 10.3. The van der Waals surface area contributed by atoms with E-state index in [2.05, 4.69) is 10.4 Å². The van der Waals surface area contributed by atoms with Gasteiger partial charge in [0.2, 0.25) is 0 Å². The van der Waals surface area contributed by atoms with Crippen molar-refractivity contribution >= 4 is 5.91 Å². The minimum absolute atomic E-state index is 0.271. The Morgan fingerprint density at radius 3 is 2.74 bits per heavy atom. The largest absolute Gasteiger partial charge is 0.401 e. The summed E-state index contributed by atoms with van der Waals surface area (Å²) in [5, 5.41) is 6.49. The van der Waals surface area contributed by atoms with Gasteiger partial charge >= 0.3 is 6.18 Å². The van der Waals surface area contributed by atoms with Crippen molar-refractivity contribution in [1.29, 1.82) is 0 Å². The molecule has 0 saturated heterocycles. The molecule has 8 heteroatoms. The number of aromatic nitrogens is 2. The maximum absolute atomic E-state index is 12.0. The Kier molecular flexibility index (Phi) is 5.34. The fraction of sp³-hybridized carbons (Fsp3) is 0.636. The highest BCUT2D eigenvalue weighted by atomic mass is 19.4. The molecule has 0 aromatic carbocycles. The number of halogens is 3. The number of nitrogens with zero attached hydrogens (tertiary/aromatic N) is 3. The molecule has 0 aliphatic heterocycles. The van der Waals surface area contributed by atoms with Gasteiger partial charge in [0, 0.05) is 19.8 Å². The zero-order valence-electron chi connectivity index (χ0n) is 10.9. The molecule has 0 aliphatic rings. The second-order valence-corrected chi connectivity index (χ2v) is 4.37. The maximum atomic E-state index is 12.0. The third-order valence-electron chi connectivity index (χ3n) is 2.42. The smallest absolute Gasteiger partial charge is 0.352 e. The molecule has 1 heterocycles. The second kappa shape index (κ2) is 6.55. The first-order chi connectivity index (χ1) is 8.78. The molecule has 0 radical (unpaired) electrons. The Balaban J connectivity index is 2.19. The van der Waals surface area contributed by atoms with Crippen molar-refractivity contribution in [2.75, 3.05) is 26.7 Å². The number of aryl methyl sites for hydroxylation is 1. The van der Waals surface area contributed by atoms with E-state index < -0.39 is 12.7 Å². The van der Waals surface area contributed by atoms with Crippen LogP contribution in [0.15, 0.2) is 12.4 Å². The Hall–Kier alpha value is -1.57. The molecular weight excluding hydrogens is 261 g/mol. The molecule has 0 atom stereocenters.